The first kappa shape index (κ1) is 13.5. The summed E-state index contributed by atoms with van der Waals surface area (Å²) in [5.74, 6) is -2.37. The average molecular weight is 303 g/mol. The molecule has 7 heteroatoms. The Hall–Kier alpha value is -2.15. The van der Waals surface area contributed by atoms with Gasteiger partial charge in [-0.15, -0.1) is 0 Å². The summed E-state index contributed by atoms with van der Waals surface area (Å²) >= 11 is 0. The van der Waals surface area contributed by atoms with E-state index in [0.29, 0.717) is 13.1 Å². The summed E-state index contributed by atoms with van der Waals surface area (Å²) in [7, 11) is 0. The largest absolute Gasteiger partial charge is 0.481 e. The quantitative estimate of drug-likeness (QED) is 0.782. The highest BCUT2D eigenvalue weighted by molar-refractivity contribution is 5.90. The van der Waals surface area contributed by atoms with Crippen LogP contribution in [0.3, 0.4) is 0 Å². The van der Waals surface area contributed by atoms with Crippen molar-refractivity contribution in [3.63, 3.8) is 0 Å². The number of aliphatic carboxylic acids is 1. The number of carbonyl (C=O) groups is 2. The maximum Gasteiger partial charge on any atom is 0.310 e. The van der Waals surface area contributed by atoms with Crippen LogP contribution in [0.1, 0.15) is 6.42 Å². The van der Waals surface area contributed by atoms with Crippen LogP contribution in [0, 0.1) is 11.8 Å². The zero-order chi connectivity index (χ0) is 15.3. The molecule has 0 unspecified atom stereocenters. The molecule has 0 radical (unpaired) electrons. The molecule has 1 amide bonds. The number of carbonyl (C=O) groups excluding carboxylic acids is 1. The number of rotatable bonds is 5. The molecule has 4 heterocycles. The van der Waals surface area contributed by atoms with Crippen LogP contribution >= 0.6 is 0 Å². The second kappa shape index (κ2) is 4.67. The van der Waals surface area contributed by atoms with Crippen molar-refractivity contribution in [2.45, 2.75) is 24.7 Å². The van der Waals surface area contributed by atoms with Gasteiger partial charge < -0.3 is 19.3 Å². The number of imidazole rings is 1. The van der Waals surface area contributed by atoms with Gasteiger partial charge in [-0.1, -0.05) is 12.2 Å². The van der Waals surface area contributed by atoms with Crippen molar-refractivity contribution in [3.05, 3.63) is 30.9 Å². The van der Waals surface area contributed by atoms with Crippen LogP contribution in [0.15, 0.2) is 30.9 Å². The number of fused-ring (bicyclic) bond motifs is 1. The maximum atomic E-state index is 12.6. The molecule has 4 rings (SSSR count). The van der Waals surface area contributed by atoms with E-state index in [-0.39, 0.29) is 5.91 Å². The van der Waals surface area contributed by atoms with Crippen LogP contribution in [0.5, 0.6) is 0 Å². The molecule has 2 fully saturated rings. The van der Waals surface area contributed by atoms with Crippen molar-refractivity contribution in [3.8, 4) is 0 Å². The van der Waals surface area contributed by atoms with Crippen molar-refractivity contribution in [1.29, 1.82) is 0 Å². The van der Waals surface area contributed by atoms with Crippen molar-refractivity contribution in [2.75, 3.05) is 13.1 Å². The Morgan fingerprint density at radius 1 is 1.50 bits per heavy atom. The monoisotopic (exact) mass is 303 g/mol. The van der Waals surface area contributed by atoms with Crippen LogP contribution in [0.4, 0.5) is 0 Å². The van der Waals surface area contributed by atoms with Gasteiger partial charge in [0, 0.05) is 25.5 Å². The Kier molecular flexibility index (Phi) is 2.87. The van der Waals surface area contributed by atoms with E-state index in [1.807, 2.05) is 16.8 Å². The highest BCUT2D eigenvalue weighted by Crippen LogP contribution is 2.51. The lowest BCUT2D eigenvalue weighted by Gasteiger charge is -2.21. The molecule has 4 atom stereocenters. The van der Waals surface area contributed by atoms with Gasteiger partial charge in [-0.3, -0.25) is 9.59 Å². The normalized spacial score (nSPS) is 35.4. The second-order valence-corrected chi connectivity index (χ2v) is 6.15. The third kappa shape index (κ3) is 1.81. The molecule has 7 nitrogen and oxygen atoms in total. The van der Waals surface area contributed by atoms with Gasteiger partial charge in [-0.2, -0.15) is 0 Å². The van der Waals surface area contributed by atoms with Crippen LogP contribution in [0.25, 0.3) is 0 Å². The Balaban J connectivity index is 1.45. The van der Waals surface area contributed by atoms with Crippen molar-refractivity contribution in [2.24, 2.45) is 11.8 Å². The number of amides is 1. The highest BCUT2D eigenvalue weighted by Gasteiger charge is 2.66. The molecule has 116 valence electrons. The molecular formula is C15H17N3O4. The summed E-state index contributed by atoms with van der Waals surface area (Å²) in [5, 5.41) is 9.39. The number of nitrogens with zero attached hydrogens (tertiary/aromatic N) is 3. The minimum Gasteiger partial charge on any atom is -0.481 e. The molecule has 22 heavy (non-hydrogen) atoms. The summed E-state index contributed by atoms with van der Waals surface area (Å²) in [5.41, 5.74) is -0.722. The first-order valence-electron chi connectivity index (χ1n) is 7.45. The number of hydrogen-bond acceptors (Lipinski definition) is 4. The number of aryl methyl sites for hydroxylation is 1. The number of aromatic nitrogens is 2. The fraction of sp³-hybridized carbons (Fsp3) is 0.533. The number of carboxylic acid groups (broad SMARTS) is 1. The molecule has 0 aromatic carbocycles. The van der Waals surface area contributed by atoms with Gasteiger partial charge in [-0.25, -0.2) is 4.98 Å². The highest BCUT2D eigenvalue weighted by atomic mass is 16.5. The van der Waals surface area contributed by atoms with E-state index < -0.39 is 29.5 Å². The lowest BCUT2D eigenvalue weighted by atomic mass is 9.77. The molecule has 1 spiro atoms. The van der Waals surface area contributed by atoms with Gasteiger partial charge in [0.25, 0.3) is 0 Å². The number of likely N-dealkylation sites (tertiary alicyclic amines) is 1. The lowest BCUT2D eigenvalue weighted by molar-refractivity contribution is -0.148. The standard InChI is InChI=1S/C15H17N3O4/c19-13-12-11(14(20)21)10-2-3-15(12,22-10)8-18(13)6-1-5-17-7-4-16-9-17/h2-4,7,9-12H,1,5-6,8H2,(H,20,21)/t10-,11+,12-,15+/m1/s1. The molecule has 1 N–H and O–H groups in total. The van der Waals surface area contributed by atoms with Crippen molar-refractivity contribution >= 4 is 11.9 Å². The number of ether oxygens (including phenoxy) is 1. The second-order valence-electron chi connectivity index (χ2n) is 6.15. The smallest absolute Gasteiger partial charge is 0.310 e. The Bertz CT molecular complexity index is 641. The van der Waals surface area contributed by atoms with Crippen LogP contribution in [-0.4, -0.2) is 56.2 Å². The van der Waals surface area contributed by atoms with Gasteiger partial charge in [0.2, 0.25) is 5.91 Å². The number of carboxylic acids is 1. The van der Waals surface area contributed by atoms with Gasteiger partial charge in [0.05, 0.1) is 24.9 Å². The minimum atomic E-state index is -0.949. The van der Waals surface area contributed by atoms with E-state index in [1.54, 1.807) is 23.5 Å². The predicted octanol–water partition coefficient (Wildman–Crippen LogP) is 0.140. The lowest BCUT2D eigenvalue weighted by Crippen LogP contribution is -2.39. The van der Waals surface area contributed by atoms with Crippen molar-refractivity contribution in [1.82, 2.24) is 14.5 Å². The summed E-state index contributed by atoms with van der Waals surface area (Å²) in [4.78, 5) is 29.8. The predicted molar refractivity (Wildman–Crippen MR) is 74.8 cm³/mol. The summed E-state index contributed by atoms with van der Waals surface area (Å²) < 4.78 is 7.80. The number of hydrogen-bond donors (Lipinski definition) is 1. The summed E-state index contributed by atoms with van der Waals surface area (Å²) in [6.45, 7) is 1.84. The van der Waals surface area contributed by atoms with Gasteiger partial charge >= 0.3 is 5.97 Å². The molecule has 1 aromatic rings. The van der Waals surface area contributed by atoms with Crippen molar-refractivity contribution < 1.29 is 19.4 Å². The molecule has 0 saturated carbocycles. The van der Waals surface area contributed by atoms with E-state index in [9.17, 15) is 14.7 Å². The summed E-state index contributed by atoms with van der Waals surface area (Å²) in [6, 6.07) is 0. The molecule has 2 bridgehead atoms. The molecule has 0 aliphatic carbocycles. The fourth-order valence-corrected chi connectivity index (χ4v) is 3.91. The molecule has 3 aliphatic rings. The third-order valence-electron chi connectivity index (χ3n) is 4.87. The minimum absolute atomic E-state index is 0.0927. The van der Waals surface area contributed by atoms with Crippen LogP contribution in [-0.2, 0) is 20.9 Å². The van der Waals surface area contributed by atoms with E-state index in [4.69, 9.17) is 4.74 Å². The Morgan fingerprint density at radius 2 is 2.36 bits per heavy atom. The summed E-state index contributed by atoms with van der Waals surface area (Å²) in [6.07, 6.45) is 9.36. The zero-order valence-corrected chi connectivity index (χ0v) is 12.0. The average Bonchev–Trinajstić information content (AvgIpc) is 3.22. The van der Waals surface area contributed by atoms with Gasteiger partial charge in [0.1, 0.15) is 11.5 Å². The Labute approximate surface area is 127 Å². The Morgan fingerprint density at radius 3 is 3.09 bits per heavy atom. The first-order chi connectivity index (χ1) is 10.6. The van der Waals surface area contributed by atoms with Crippen LogP contribution < -0.4 is 0 Å². The van der Waals surface area contributed by atoms with E-state index >= 15 is 0 Å². The van der Waals surface area contributed by atoms with Gasteiger partial charge in [0.15, 0.2) is 0 Å². The van der Waals surface area contributed by atoms with E-state index in [1.165, 1.54) is 0 Å². The van der Waals surface area contributed by atoms with Crippen LogP contribution in [0.2, 0.25) is 0 Å². The maximum absolute atomic E-state index is 12.6. The zero-order valence-electron chi connectivity index (χ0n) is 12.0. The molecular weight excluding hydrogens is 286 g/mol. The van der Waals surface area contributed by atoms with E-state index in [0.717, 1.165) is 13.0 Å². The topological polar surface area (TPSA) is 84.7 Å². The SMILES string of the molecule is O=C(O)[C@H]1[C@H]2C=C[C@@]3(CN(CCCn4ccnc4)C(=O)[C@@H]13)O2. The fourth-order valence-electron chi connectivity index (χ4n) is 3.91. The third-order valence-corrected chi connectivity index (χ3v) is 4.87. The molecule has 3 aliphatic heterocycles. The molecule has 1 aromatic heterocycles. The molecule has 2 saturated heterocycles. The first-order valence-corrected chi connectivity index (χ1v) is 7.45. The van der Waals surface area contributed by atoms with Gasteiger partial charge in [-0.05, 0) is 6.42 Å². The van der Waals surface area contributed by atoms with E-state index in [2.05, 4.69) is 4.98 Å².